The molecule has 0 saturated carbocycles. The smallest absolute Gasteiger partial charge is 0.263 e. The largest absolute Gasteiger partial charge is 0.455 e. The molecule has 336 valence electrons. The molecule has 0 saturated heterocycles. The number of halogens is 3. The SMILES string of the molecule is CCNC(=O)c1cc(NS(=O)(=O)c2ccc(C(C)(C)C)cc2)ccc1Oc1cncc(Cl)c1.CCNC(=O)c1cc(NS(=O)(=O)c2ccc(C)cc2Cl)ccc1Oc1cncc(Cl)c1. The van der Waals surface area contributed by atoms with Crippen LogP contribution in [0.3, 0.4) is 0 Å². The van der Waals surface area contributed by atoms with E-state index in [9.17, 15) is 26.4 Å². The van der Waals surface area contributed by atoms with Gasteiger partial charge in [0.25, 0.3) is 31.9 Å². The summed E-state index contributed by atoms with van der Waals surface area (Å²) in [6, 6.07) is 23.3. The van der Waals surface area contributed by atoms with Crippen LogP contribution < -0.4 is 29.6 Å². The van der Waals surface area contributed by atoms with E-state index in [1.807, 2.05) is 6.92 Å². The third-order valence-corrected chi connectivity index (χ3v) is 12.5. The molecule has 0 atom stereocenters. The Morgan fingerprint density at radius 1 is 0.609 bits per heavy atom. The Labute approximate surface area is 387 Å². The van der Waals surface area contributed by atoms with Crippen molar-refractivity contribution < 1.29 is 35.9 Å². The Bertz CT molecular complexity index is 2880. The Kier molecular flexibility index (Phi) is 16.3. The summed E-state index contributed by atoms with van der Waals surface area (Å²) in [6.45, 7) is 12.3. The number of sulfonamides is 2. The summed E-state index contributed by atoms with van der Waals surface area (Å²) in [7, 11) is -7.83. The minimum atomic E-state index is -3.97. The lowest BCUT2D eigenvalue weighted by Crippen LogP contribution is -2.23. The van der Waals surface area contributed by atoms with Gasteiger partial charge >= 0.3 is 0 Å². The second kappa shape index (κ2) is 21.2. The molecule has 19 heteroatoms. The Morgan fingerprint density at radius 3 is 1.50 bits per heavy atom. The van der Waals surface area contributed by atoms with E-state index in [1.165, 1.54) is 67.3 Å². The summed E-state index contributed by atoms with van der Waals surface area (Å²) < 4.78 is 68.0. The van der Waals surface area contributed by atoms with Crippen molar-refractivity contribution in [1.29, 1.82) is 0 Å². The van der Waals surface area contributed by atoms with Crippen LogP contribution in [0.2, 0.25) is 15.1 Å². The molecular weight excluding hydrogens is 923 g/mol. The zero-order valence-electron chi connectivity index (χ0n) is 35.5. The topological polar surface area (TPSA) is 195 Å². The fourth-order valence-electron chi connectivity index (χ4n) is 5.76. The summed E-state index contributed by atoms with van der Waals surface area (Å²) in [5.74, 6) is 0.298. The van der Waals surface area contributed by atoms with E-state index >= 15 is 0 Å². The molecule has 0 fully saturated rings. The van der Waals surface area contributed by atoms with Crippen LogP contribution in [0.5, 0.6) is 23.0 Å². The highest BCUT2D eigenvalue weighted by molar-refractivity contribution is 7.93. The summed E-state index contributed by atoms with van der Waals surface area (Å²) in [5.41, 5.74) is 2.47. The molecule has 6 aromatic rings. The van der Waals surface area contributed by atoms with E-state index in [0.717, 1.165) is 11.1 Å². The Balaban J connectivity index is 0.000000241. The zero-order valence-corrected chi connectivity index (χ0v) is 39.4. The second-order valence-electron chi connectivity index (χ2n) is 14.9. The number of hydrogen-bond acceptors (Lipinski definition) is 10. The van der Waals surface area contributed by atoms with Crippen LogP contribution in [0.4, 0.5) is 11.4 Å². The maximum absolute atomic E-state index is 12.9. The number of aromatic nitrogens is 2. The van der Waals surface area contributed by atoms with E-state index in [4.69, 9.17) is 44.3 Å². The number of ether oxygens (including phenoxy) is 2. The third kappa shape index (κ3) is 13.3. The quantitative estimate of drug-likeness (QED) is 0.0816. The number of rotatable bonds is 14. The van der Waals surface area contributed by atoms with Crippen molar-refractivity contribution in [3.63, 3.8) is 0 Å². The fraction of sp³-hybridized carbons (Fsp3) is 0.200. The van der Waals surface area contributed by atoms with E-state index in [1.54, 1.807) is 62.4 Å². The molecule has 14 nitrogen and oxygen atoms in total. The van der Waals surface area contributed by atoms with Gasteiger partial charge in [-0.1, -0.05) is 73.8 Å². The number of aryl methyl sites for hydroxylation is 1. The van der Waals surface area contributed by atoms with Crippen molar-refractivity contribution in [1.82, 2.24) is 20.6 Å². The minimum Gasteiger partial charge on any atom is -0.455 e. The summed E-state index contributed by atoms with van der Waals surface area (Å²) in [5, 5.41) is 6.24. The average molecular weight is 968 g/mol. The predicted octanol–water partition coefficient (Wildman–Crippen LogP) is 10.4. The first-order valence-corrected chi connectivity index (χ1v) is 23.6. The molecule has 2 amide bonds. The molecule has 2 aromatic heterocycles. The van der Waals surface area contributed by atoms with Crippen LogP contribution in [0.25, 0.3) is 0 Å². The van der Waals surface area contributed by atoms with Gasteiger partial charge in [0, 0.05) is 49.0 Å². The van der Waals surface area contributed by atoms with Gasteiger partial charge in [0.05, 0.1) is 43.5 Å². The first-order valence-electron chi connectivity index (χ1n) is 19.5. The lowest BCUT2D eigenvalue weighted by molar-refractivity contribution is 0.0945. The predicted molar refractivity (Wildman–Crippen MR) is 250 cm³/mol. The molecule has 4 N–H and O–H groups in total. The molecule has 0 spiro atoms. The van der Waals surface area contributed by atoms with E-state index in [-0.39, 0.29) is 54.2 Å². The van der Waals surface area contributed by atoms with E-state index < -0.39 is 31.9 Å². The fourth-order valence-corrected chi connectivity index (χ4v) is 8.79. The van der Waals surface area contributed by atoms with Crippen LogP contribution in [0.15, 0.2) is 126 Å². The lowest BCUT2D eigenvalue weighted by Gasteiger charge is -2.19. The summed E-state index contributed by atoms with van der Waals surface area (Å²) >= 11 is 18.0. The molecule has 4 aromatic carbocycles. The first kappa shape index (κ1) is 49.1. The zero-order chi connectivity index (χ0) is 46.8. The molecule has 0 unspecified atom stereocenters. The average Bonchev–Trinajstić information content (AvgIpc) is 3.22. The molecule has 0 bridgehead atoms. The Morgan fingerprint density at radius 2 is 1.08 bits per heavy atom. The highest BCUT2D eigenvalue weighted by atomic mass is 35.5. The van der Waals surface area contributed by atoms with Gasteiger partial charge in [-0.2, -0.15) is 0 Å². The van der Waals surface area contributed by atoms with E-state index in [0.29, 0.717) is 34.6 Å². The molecule has 0 aliphatic carbocycles. The van der Waals surface area contributed by atoms with Gasteiger partial charge in [-0.25, -0.2) is 16.8 Å². The van der Waals surface area contributed by atoms with Gasteiger partial charge in [-0.3, -0.25) is 29.0 Å². The number of amides is 2. The van der Waals surface area contributed by atoms with Crippen molar-refractivity contribution in [3.05, 3.63) is 153 Å². The standard InChI is InChI=1S/C24H26ClN3O4S.C21H19Cl2N3O4S/c1-5-27-23(29)21-13-18(8-11-22(21)32-19-12-17(25)14-26-15-19)28-33(30,31)20-9-6-16(7-10-20)24(2,3)4;1-3-25-21(27)17-10-15(5-6-19(17)30-16-9-14(22)11-24-12-16)26-31(28,29)20-7-4-13(2)8-18(20)23/h6-15,28H,5H2,1-4H3,(H,27,29);4-12,26H,3H2,1-2H3,(H,25,27). The number of nitrogens with zero attached hydrogens (tertiary/aromatic N) is 2. The Hall–Kier alpha value is -5.91. The van der Waals surface area contributed by atoms with Crippen LogP contribution in [0.1, 0.15) is 66.5 Å². The number of benzene rings is 4. The highest BCUT2D eigenvalue weighted by Crippen LogP contribution is 2.33. The van der Waals surface area contributed by atoms with E-state index in [2.05, 4.69) is 50.8 Å². The van der Waals surface area contributed by atoms with Gasteiger partial charge < -0.3 is 20.1 Å². The maximum atomic E-state index is 12.9. The number of hydrogen-bond donors (Lipinski definition) is 4. The van der Waals surface area contributed by atoms with Gasteiger partial charge in [0.2, 0.25) is 0 Å². The van der Waals surface area contributed by atoms with Crippen molar-refractivity contribution in [3.8, 4) is 23.0 Å². The van der Waals surface area contributed by atoms with Gasteiger partial charge in [-0.15, -0.1) is 0 Å². The van der Waals surface area contributed by atoms with Crippen LogP contribution in [-0.4, -0.2) is 51.7 Å². The van der Waals surface area contributed by atoms with Crippen LogP contribution in [-0.2, 0) is 25.5 Å². The van der Waals surface area contributed by atoms with Gasteiger partial charge in [0.15, 0.2) is 0 Å². The van der Waals surface area contributed by atoms with Crippen molar-refractivity contribution in [2.45, 2.75) is 56.7 Å². The van der Waals surface area contributed by atoms with Crippen molar-refractivity contribution in [2.24, 2.45) is 0 Å². The molecular formula is C45H45Cl3N6O8S2. The lowest BCUT2D eigenvalue weighted by atomic mass is 9.87. The number of carbonyl (C=O) groups excluding carboxylic acids is 2. The summed E-state index contributed by atoms with van der Waals surface area (Å²) in [6.07, 6.45) is 5.83. The molecule has 64 heavy (non-hydrogen) atoms. The number of pyridine rings is 2. The second-order valence-corrected chi connectivity index (χ2v) is 19.6. The van der Waals surface area contributed by atoms with Gasteiger partial charge in [-0.05, 0) is 98.0 Å². The van der Waals surface area contributed by atoms with Crippen LogP contribution in [0, 0.1) is 6.92 Å². The van der Waals surface area contributed by atoms with Crippen LogP contribution >= 0.6 is 34.8 Å². The maximum Gasteiger partial charge on any atom is 0.263 e. The number of anilines is 2. The number of nitrogens with one attached hydrogen (secondary N) is 4. The van der Waals surface area contributed by atoms with Crippen molar-refractivity contribution in [2.75, 3.05) is 22.5 Å². The third-order valence-electron chi connectivity index (χ3n) is 8.85. The first-order chi connectivity index (χ1) is 30.2. The minimum absolute atomic E-state index is 0.0651. The normalized spacial score (nSPS) is 11.4. The highest BCUT2D eigenvalue weighted by Gasteiger charge is 2.22. The molecule has 2 heterocycles. The van der Waals surface area contributed by atoms with Gasteiger partial charge in [0.1, 0.15) is 27.9 Å². The molecule has 0 aliphatic rings. The monoisotopic (exact) mass is 966 g/mol. The van der Waals surface area contributed by atoms with Crippen molar-refractivity contribution >= 4 is 78.0 Å². The summed E-state index contributed by atoms with van der Waals surface area (Å²) in [4.78, 5) is 33.2. The molecule has 0 radical (unpaired) electrons. The molecule has 6 rings (SSSR count). The number of carbonyl (C=O) groups is 2. The molecule has 0 aliphatic heterocycles.